The van der Waals surface area contributed by atoms with Crippen LogP contribution >= 0.6 is 0 Å². The highest BCUT2D eigenvalue weighted by molar-refractivity contribution is 5.24. The van der Waals surface area contributed by atoms with Crippen molar-refractivity contribution in [2.45, 2.75) is 25.2 Å². The van der Waals surface area contributed by atoms with Crippen LogP contribution in [-0.2, 0) is 6.42 Å². The Kier molecular flexibility index (Phi) is 4.55. The average molecular weight is 235 g/mol. The molecule has 0 heterocycles. The number of hydrogen-bond donors (Lipinski definition) is 0. The molecule has 0 aromatic heterocycles. The fraction of sp³-hybridized carbons (Fsp3) is 0.235. The number of nitrogens with zero attached hydrogens (tertiary/aromatic N) is 1. The topological polar surface area (TPSA) is 23.8 Å². The zero-order valence-corrected chi connectivity index (χ0v) is 10.4. The van der Waals surface area contributed by atoms with Gasteiger partial charge in [-0.1, -0.05) is 60.7 Å². The van der Waals surface area contributed by atoms with Gasteiger partial charge in [-0.25, -0.2) is 0 Å². The SMILES string of the molecule is N#C[C@H](CCCc1ccccc1)c1ccccc1. The second-order valence-electron chi connectivity index (χ2n) is 4.47. The minimum atomic E-state index is 0.0231. The summed E-state index contributed by atoms with van der Waals surface area (Å²) in [4.78, 5) is 0. The minimum absolute atomic E-state index is 0.0231. The summed E-state index contributed by atoms with van der Waals surface area (Å²) in [6.07, 6.45) is 3.03. The summed E-state index contributed by atoms with van der Waals surface area (Å²) in [5.74, 6) is 0.0231. The highest BCUT2D eigenvalue weighted by Gasteiger charge is 2.09. The normalized spacial score (nSPS) is 11.7. The fourth-order valence-electron chi connectivity index (χ4n) is 2.15. The number of benzene rings is 2. The van der Waals surface area contributed by atoms with Gasteiger partial charge in [-0.15, -0.1) is 0 Å². The van der Waals surface area contributed by atoms with E-state index in [1.807, 2.05) is 36.4 Å². The van der Waals surface area contributed by atoms with Crippen molar-refractivity contribution in [3.05, 3.63) is 71.8 Å². The molecule has 0 aliphatic rings. The van der Waals surface area contributed by atoms with Gasteiger partial charge in [0.05, 0.1) is 12.0 Å². The van der Waals surface area contributed by atoms with Gasteiger partial charge in [0.1, 0.15) is 0 Å². The first-order valence-corrected chi connectivity index (χ1v) is 6.38. The van der Waals surface area contributed by atoms with Crippen LogP contribution in [0.25, 0.3) is 0 Å². The van der Waals surface area contributed by atoms with Crippen molar-refractivity contribution in [2.24, 2.45) is 0 Å². The molecule has 0 bridgehead atoms. The molecule has 0 aliphatic carbocycles. The molecule has 0 saturated carbocycles. The molecule has 0 radical (unpaired) electrons. The summed E-state index contributed by atoms with van der Waals surface area (Å²) < 4.78 is 0. The molecule has 90 valence electrons. The molecule has 0 unspecified atom stereocenters. The molecule has 2 aromatic carbocycles. The van der Waals surface area contributed by atoms with Gasteiger partial charge in [-0.2, -0.15) is 5.26 Å². The van der Waals surface area contributed by atoms with Crippen LogP contribution in [0.1, 0.15) is 29.9 Å². The summed E-state index contributed by atoms with van der Waals surface area (Å²) in [6.45, 7) is 0. The van der Waals surface area contributed by atoms with Crippen molar-refractivity contribution in [3.63, 3.8) is 0 Å². The molecule has 0 aliphatic heterocycles. The second-order valence-corrected chi connectivity index (χ2v) is 4.47. The van der Waals surface area contributed by atoms with Crippen LogP contribution in [0.5, 0.6) is 0 Å². The van der Waals surface area contributed by atoms with E-state index in [1.54, 1.807) is 0 Å². The monoisotopic (exact) mass is 235 g/mol. The van der Waals surface area contributed by atoms with Crippen LogP contribution in [0.2, 0.25) is 0 Å². The molecule has 0 saturated heterocycles. The summed E-state index contributed by atoms with van der Waals surface area (Å²) in [7, 11) is 0. The van der Waals surface area contributed by atoms with Gasteiger partial charge >= 0.3 is 0 Å². The van der Waals surface area contributed by atoms with Crippen LogP contribution in [0.3, 0.4) is 0 Å². The highest BCUT2D eigenvalue weighted by Crippen LogP contribution is 2.21. The van der Waals surface area contributed by atoms with Crippen LogP contribution in [0, 0.1) is 11.3 Å². The molecule has 18 heavy (non-hydrogen) atoms. The number of aryl methyl sites for hydroxylation is 1. The van der Waals surface area contributed by atoms with Gasteiger partial charge < -0.3 is 0 Å². The second kappa shape index (κ2) is 6.61. The molecule has 2 rings (SSSR count). The Balaban J connectivity index is 1.88. The Morgan fingerprint density at radius 2 is 1.50 bits per heavy atom. The van der Waals surface area contributed by atoms with E-state index in [2.05, 4.69) is 30.3 Å². The average Bonchev–Trinajstić information content (AvgIpc) is 2.46. The van der Waals surface area contributed by atoms with Crippen molar-refractivity contribution < 1.29 is 0 Å². The van der Waals surface area contributed by atoms with Crippen molar-refractivity contribution in [1.29, 1.82) is 5.26 Å². The van der Waals surface area contributed by atoms with Gasteiger partial charge in [0.25, 0.3) is 0 Å². The maximum Gasteiger partial charge on any atom is 0.0712 e. The third-order valence-corrected chi connectivity index (χ3v) is 3.16. The standard InChI is InChI=1S/C17H17N/c18-14-17(16-11-5-2-6-12-16)13-7-10-15-8-3-1-4-9-15/h1-6,8-9,11-12,17H,7,10,13H2/t17-/m0/s1. The van der Waals surface area contributed by atoms with Crippen molar-refractivity contribution in [3.8, 4) is 6.07 Å². The van der Waals surface area contributed by atoms with Crippen LogP contribution < -0.4 is 0 Å². The summed E-state index contributed by atoms with van der Waals surface area (Å²) in [5.41, 5.74) is 2.48. The van der Waals surface area contributed by atoms with E-state index >= 15 is 0 Å². The van der Waals surface area contributed by atoms with Gasteiger partial charge in [-0.3, -0.25) is 0 Å². The maximum absolute atomic E-state index is 9.23. The summed E-state index contributed by atoms with van der Waals surface area (Å²) in [6, 6.07) is 22.9. The van der Waals surface area contributed by atoms with E-state index in [0.717, 1.165) is 24.8 Å². The molecule has 0 spiro atoms. The zero-order chi connectivity index (χ0) is 12.6. The third kappa shape index (κ3) is 3.46. The number of hydrogen-bond acceptors (Lipinski definition) is 1. The zero-order valence-electron chi connectivity index (χ0n) is 10.4. The van der Waals surface area contributed by atoms with Gasteiger partial charge in [0.2, 0.25) is 0 Å². The molecule has 1 atom stereocenters. The molecule has 0 N–H and O–H groups in total. The Labute approximate surface area is 109 Å². The van der Waals surface area contributed by atoms with E-state index in [1.165, 1.54) is 5.56 Å². The van der Waals surface area contributed by atoms with E-state index < -0.39 is 0 Å². The van der Waals surface area contributed by atoms with Crippen molar-refractivity contribution in [2.75, 3.05) is 0 Å². The maximum atomic E-state index is 9.23. The first-order valence-electron chi connectivity index (χ1n) is 6.38. The molecule has 0 fully saturated rings. The molecule has 1 nitrogen and oxygen atoms in total. The molecular weight excluding hydrogens is 218 g/mol. The largest absolute Gasteiger partial charge is 0.198 e. The first kappa shape index (κ1) is 12.4. The van der Waals surface area contributed by atoms with Crippen LogP contribution in [0.4, 0.5) is 0 Å². The summed E-state index contributed by atoms with van der Waals surface area (Å²) >= 11 is 0. The highest BCUT2D eigenvalue weighted by atomic mass is 14.3. The van der Waals surface area contributed by atoms with Gasteiger partial charge in [0.15, 0.2) is 0 Å². The first-order chi connectivity index (χ1) is 8.90. The Morgan fingerprint density at radius 1 is 0.889 bits per heavy atom. The predicted octanol–water partition coefficient (Wildman–Crippen LogP) is 4.32. The van der Waals surface area contributed by atoms with Gasteiger partial charge in [-0.05, 0) is 30.4 Å². The third-order valence-electron chi connectivity index (χ3n) is 3.16. The minimum Gasteiger partial charge on any atom is -0.198 e. The lowest BCUT2D eigenvalue weighted by Gasteiger charge is -2.09. The lowest BCUT2D eigenvalue weighted by Crippen LogP contribution is -1.97. The van der Waals surface area contributed by atoms with E-state index in [9.17, 15) is 5.26 Å². The lowest BCUT2D eigenvalue weighted by atomic mass is 9.94. The van der Waals surface area contributed by atoms with Gasteiger partial charge in [0, 0.05) is 0 Å². The van der Waals surface area contributed by atoms with Crippen molar-refractivity contribution >= 4 is 0 Å². The summed E-state index contributed by atoms with van der Waals surface area (Å²) in [5, 5.41) is 9.23. The smallest absolute Gasteiger partial charge is 0.0712 e. The van der Waals surface area contributed by atoms with E-state index in [0.29, 0.717) is 0 Å². The number of rotatable bonds is 5. The molecule has 2 aromatic rings. The van der Waals surface area contributed by atoms with Crippen molar-refractivity contribution in [1.82, 2.24) is 0 Å². The quantitative estimate of drug-likeness (QED) is 0.757. The lowest BCUT2D eigenvalue weighted by molar-refractivity contribution is 0.684. The van der Waals surface area contributed by atoms with Crippen LogP contribution in [-0.4, -0.2) is 0 Å². The Morgan fingerprint density at radius 3 is 2.11 bits per heavy atom. The molecule has 1 heteroatoms. The van der Waals surface area contributed by atoms with Crippen LogP contribution in [0.15, 0.2) is 60.7 Å². The van der Waals surface area contributed by atoms with E-state index in [-0.39, 0.29) is 5.92 Å². The molecular formula is C17H17N. The predicted molar refractivity (Wildman–Crippen MR) is 74.2 cm³/mol. The fourth-order valence-corrected chi connectivity index (χ4v) is 2.15. The number of nitriles is 1. The Hall–Kier alpha value is -2.07. The molecule has 0 amide bonds. The Bertz CT molecular complexity index is 496. The van der Waals surface area contributed by atoms with E-state index in [4.69, 9.17) is 0 Å².